The van der Waals surface area contributed by atoms with Gasteiger partial charge in [0.1, 0.15) is 0 Å². The van der Waals surface area contributed by atoms with Crippen LogP contribution in [0.1, 0.15) is 18.2 Å². The first kappa shape index (κ1) is 7.38. The second kappa shape index (κ2) is 3.00. The summed E-state index contributed by atoms with van der Waals surface area (Å²) in [6, 6.07) is 0. The van der Waals surface area contributed by atoms with Crippen LogP contribution in [0.3, 0.4) is 0 Å². The van der Waals surface area contributed by atoms with E-state index in [1.165, 1.54) is 11.3 Å². The van der Waals surface area contributed by atoms with Gasteiger partial charge in [-0.3, -0.25) is 10.00 Å². The highest BCUT2D eigenvalue weighted by molar-refractivity contribution is 5.21. The molecule has 0 radical (unpaired) electrons. The van der Waals surface area contributed by atoms with E-state index in [0.29, 0.717) is 0 Å². The molecule has 1 aromatic heterocycles. The summed E-state index contributed by atoms with van der Waals surface area (Å²) in [5.74, 6) is 5.95. The Kier molecular flexibility index (Phi) is 1.84. The summed E-state index contributed by atoms with van der Waals surface area (Å²) in [5, 5.41) is 6.95. The lowest BCUT2D eigenvalue weighted by molar-refractivity contribution is 0.318. The zero-order chi connectivity index (χ0) is 8.39. The summed E-state index contributed by atoms with van der Waals surface area (Å²) < 4.78 is 0. The number of aromatic amines is 1. The Bertz CT molecular complexity index is 309. The van der Waals surface area contributed by atoms with Crippen LogP contribution >= 0.6 is 0 Å². The van der Waals surface area contributed by atoms with Gasteiger partial charge in [0.05, 0.1) is 18.4 Å². The Balaban J connectivity index is 2.01. The van der Waals surface area contributed by atoms with Gasteiger partial charge in [0, 0.05) is 18.7 Å². The number of nitrogens with one attached hydrogen (secondary N) is 1. The summed E-state index contributed by atoms with van der Waals surface area (Å²) in [5.41, 5.74) is 2.56. The summed E-state index contributed by atoms with van der Waals surface area (Å²) in [6.07, 6.45) is 1.90. The Labute approximate surface area is 71.8 Å². The number of nitrogens with zero attached hydrogens (tertiary/aromatic N) is 2. The number of rotatable bonds is 1. The van der Waals surface area contributed by atoms with E-state index < -0.39 is 0 Å². The minimum Gasteiger partial charge on any atom is -0.282 e. The van der Waals surface area contributed by atoms with Crippen LogP contribution in [0.5, 0.6) is 0 Å². The van der Waals surface area contributed by atoms with Crippen molar-refractivity contribution in [1.82, 2.24) is 15.1 Å². The lowest BCUT2D eigenvalue weighted by atomic mass is 10.3. The minimum absolute atomic E-state index is 0.860. The predicted molar refractivity (Wildman–Crippen MR) is 46.2 cm³/mol. The summed E-state index contributed by atoms with van der Waals surface area (Å²) in [6.45, 7) is 4.68. The van der Waals surface area contributed by atoms with Crippen LogP contribution in [-0.4, -0.2) is 21.6 Å². The predicted octanol–water partition coefficient (Wildman–Crippen LogP) is 0.749. The highest BCUT2D eigenvalue weighted by atomic mass is 15.2. The minimum atomic E-state index is 0.860. The van der Waals surface area contributed by atoms with Crippen molar-refractivity contribution < 1.29 is 0 Å². The standard InChI is InChI=1S/C9H11N3/c1-2-3-4-12-6-8-5-10-11-9(8)7-12/h5H,4,6-7H2,1H3,(H,10,11). The molecule has 12 heavy (non-hydrogen) atoms. The molecular formula is C9H11N3. The van der Waals surface area contributed by atoms with Gasteiger partial charge in [-0.05, 0) is 6.92 Å². The van der Waals surface area contributed by atoms with E-state index in [2.05, 4.69) is 26.9 Å². The molecule has 0 atom stereocenters. The van der Waals surface area contributed by atoms with E-state index in [-0.39, 0.29) is 0 Å². The van der Waals surface area contributed by atoms with Gasteiger partial charge in [0.2, 0.25) is 0 Å². The fourth-order valence-electron chi connectivity index (χ4n) is 1.43. The smallest absolute Gasteiger partial charge is 0.0608 e. The number of aromatic nitrogens is 2. The van der Waals surface area contributed by atoms with Gasteiger partial charge in [-0.25, -0.2) is 0 Å². The monoisotopic (exact) mass is 161 g/mol. The van der Waals surface area contributed by atoms with Gasteiger partial charge < -0.3 is 0 Å². The summed E-state index contributed by atoms with van der Waals surface area (Å²) >= 11 is 0. The Morgan fingerprint density at radius 2 is 2.58 bits per heavy atom. The second-order valence-electron chi connectivity index (χ2n) is 2.95. The fraction of sp³-hybridized carbons (Fsp3) is 0.444. The molecule has 3 heteroatoms. The molecule has 1 aromatic rings. The average molecular weight is 161 g/mol. The molecule has 2 heterocycles. The zero-order valence-corrected chi connectivity index (χ0v) is 7.09. The van der Waals surface area contributed by atoms with Crippen LogP contribution in [0.25, 0.3) is 0 Å². The third kappa shape index (κ3) is 1.21. The Morgan fingerprint density at radius 3 is 3.33 bits per heavy atom. The molecular weight excluding hydrogens is 150 g/mol. The Hall–Kier alpha value is -1.27. The van der Waals surface area contributed by atoms with E-state index >= 15 is 0 Å². The lowest BCUT2D eigenvalue weighted by Gasteiger charge is -2.09. The molecule has 3 nitrogen and oxygen atoms in total. The second-order valence-corrected chi connectivity index (χ2v) is 2.95. The van der Waals surface area contributed by atoms with Crippen molar-refractivity contribution in [2.24, 2.45) is 0 Å². The van der Waals surface area contributed by atoms with Crippen LogP contribution in [-0.2, 0) is 13.1 Å². The van der Waals surface area contributed by atoms with Gasteiger partial charge in [-0.15, -0.1) is 5.92 Å². The van der Waals surface area contributed by atoms with E-state index in [4.69, 9.17) is 0 Å². The maximum atomic E-state index is 3.97. The number of hydrogen-bond acceptors (Lipinski definition) is 2. The van der Waals surface area contributed by atoms with Gasteiger partial charge in [-0.1, -0.05) is 5.92 Å². The molecule has 0 fully saturated rings. The average Bonchev–Trinajstić information content (AvgIpc) is 2.58. The number of H-pyrrole nitrogens is 1. The van der Waals surface area contributed by atoms with Crippen LogP contribution in [0.2, 0.25) is 0 Å². The molecule has 0 amide bonds. The molecule has 0 saturated carbocycles. The first-order chi connectivity index (χ1) is 5.90. The molecule has 0 bridgehead atoms. The van der Waals surface area contributed by atoms with Gasteiger partial charge in [-0.2, -0.15) is 5.10 Å². The highest BCUT2D eigenvalue weighted by Gasteiger charge is 2.18. The van der Waals surface area contributed by atoms with Crippen LogP contribution < -0.4 is 0 Å². The maximum Gasteiger partial charge on any atom is 0.0608 e. The molecule has 0 unspecified atom stereocenters. The summed E-state index contributed by atoms with van der Waals surface area (Å²) in [7, 11) is 0. The van der Waals surface area contributed by atoms with Crippen LogP contribution in [0.15, 0.2) is 6.20 Å². The molecule has 2 rings (SSSR count). The first-order valence-corrected chi connectivity index (χ1v) is 4.03. The van der Waals surface area contributed by atoms with Crippen LogP contribution in [0, 0.1) is 11.8 Å². The van der Waals surface area contributed by atoms with Crippen molar-refractivity contribution in [3.8, 4) is 11.8 Å². The fourth-order valence-corrected chi connectivity index (χ4v) is 1.43. The molecule has 0 aromatic carbocycles. The SMILES string of the molecule is CC#CCN1Cc2cn[nH]c2C1. The van der Waals surface area contributed by atoms with Crippen molar-refractivity contribution in [2.45, 2.75) is 20.0 Å². The quantitative estimate of drug-likeness (QED) is 0.616. The normalized spacial score (nSPS) is 15.4. The van der Waals surface area contributed by atoms with Crippen molar-refractivity contribution in [3.63, 3.8) is 0 Å². The molecule has 0 saturated heterocycles. The van der Waals surface area contributed by atoms with Gasteiger partial charge in [0.25, 0.3) is 0 Å². The largest absolute Gasteiger partial charge is 0.282 e. The molecule has 62 valence electrons. The maximum absolute atomic E-state index is 3.97. The highest BCUT2D eigenvalue weighted by Crippen LogP contribution is 2.18. The molecule has 0 aliphatic carbocycles. The van der Waals surface area contributed by atoms with E-state index in [0.717, 1.165) is 19.6 Å². The van der Waals surface area contributed by atoms with Crippen molar-refractivity contribution in [3.05, 3.63) is 17.5 Å². The van der Waals surface area contributed by atoms with Crippen LogP contribution in [0.4, 0.5) is 0 Å². The molecule has 0 spiro atoms. The molecule has 1 aliphatic heterocycles. The topological polar surface area (TPSA) is 31.9 Å². The zero-order valence-electron chi connectivity index (χ0n) is 7.09. The van der Waals surface area contributed by atoms with E-state index in [1.54, 1.807) is 0 Å². The molecule has 1 aliphatic rings. The number of fused-ring (bicyclic) bond motifs is 1. The van der Waals surface area contributed by atoms with E-state index in [1.807, 2.05) is 13.1 Å². The van der Waals surface area contributed by atoms with Crippen molar-refractivity contribution in [2.75, 3.05) is 6.54 Å². The lowest BCUT2D eigenvalue weighted by Crippen LogP contribution is -2.16. The third-order valence-electron chi connectivity index (χ3n) is 2.06. The Morgan fingerprint density at radius 1 is 1.67 bits per heavy atom. The van der Waals surface area contributed by atoms with Crippen molar-refractivity contribution in [1.29, 1.82) is 0 Å². The van der Waals surface area contributed by atoms with Crippen molar-refractivity contribution >= 4 is 0 Å². The van der Waals surface area contributed by atoms with Gasteiger partial charge >= 0.3 is 0 Å². The van der Waals surface area contributed by atoms with Gasteiger partial charge in [0.15, 0.2) is 0 Å². The molecule has 1 N–H and O–H groups in total. The number of hydrogen-bond donors (Lipinski definition) is 1. The third-order valence-corrected chi connectivity index (χ3v) is 2.06. The first-order valence-electron chi connectivity index (χ1n) is 4.03. The summed E-state index contributed by atoms with van der Waals surface area (Å²) in [4.78, 5) is 2.29. The van der Waals surface area contributed by atoms with E-state index in [9.17, 15) is 0 Å².